The molecule has 1 atom stereocenters. The van der Waals surface area contributed by atoms with Crippen molar-refractivity contribution in [3.05, 3.63) is 22.2 Å². The third-order valence-electron chi connectivity index (χ3n) is 2.87. The van der Waals surface area contributed by atoms with Gasteiger partial charge in [0.05, 0.1) is 6.61 Å². The van der Waals surface area contributed by atoms with E-state index in [-0.39, 0.29) is 11.0 Å². The zero-order chi connectivity index (χ0) is 14.0. The van der Waals surface area contributed by atoms with Crippen LogP contribution in [0.1, 0.15) is 18.4 Å². The normalized spacial score (nSPS) is 20.3. The average molecular weight is 370 g/mol. The van der Waals surface area contributed by atoms with Gasteiger partial charge < -0.3 is 9.47 Å². The molecule has 0 amide bonds. The summed E-state index contributed by atoms with van der Waals surface area (Å²) in [4.78, 5) is -0.00776. The highest BCUT2D eigenvalue weighted by Gasteiger charge is 2.24. The van der Waals surface area contributed by atoms with Gasteiger partial charge in [0.15, 0.2) is 0 Å². The highest BCUT2D eigenvalue weighted by Crippen LogP contribution is 2.35. The Morgan fingerprint density at radius 1 is 1.47 bits per heavy atom. The van der Waals surface area contributed by atoms with Gasteiger partial charge in [-0.1, -0.05) is 15.9 Å². The highest BCUT2D eigenvalue weighted by molar-refractivity contribution is 9.10. The van der Waals surface area contributed by atoms with Gasteiger partial charge in [0.2, 0.25) is 0 Å². The molecular formula is C12H14BrClO4S. The van der Waals surface area contributed by atoms with Crippen molar-refractivity contribution in [1.82, 2.24) is 0 Å². The molecule has 1 heterocycles. The van der Waals surface area contributed by atoms with Crippen LogP contribution in [0.5, 0.6) is 5.75 Å². The number of halogens is 2. The van der Waals surface area contributed by atoms with E-state index in [0.29, 0.717) is 16.8 Å². The minimum Gasteiger partial charge on any atom is -0.486 e. The summed E-state index contributed by atoms with van der Waals surface area (Å²) >= 11 is 3.26. The standard InChI is InChI=1S/C12H14BrClO4S/c1-8-5-9(13)6-11(19(14,15)16)12(8)18-10-3-2-4-17-7-10/h5-6,10H,2-4,7H2,1H3. The van der Waals surface area contributed by atoms with Crippen LogP contribution < -0.4 is 4.74 Å². The van der Waals surface area contributed by atoms with Crippen molar-refractivity contribution in [1.29, 1.82) is 0 Å². The Kier molecular flexibility index (Phi) is 4.76. The van der Waals surface area contributed by atoms with Crippen molar-refractivity contribution in [2.45, 2.75) is 30.8 Å². The summed E-state index contributed by atoms with van der Waals surface area (Å²) in [6.07, 6.45) is 1.62. The smallest absolute Gasteiger partial charge is 0.265 e. The van der Waals surface area contributed by atoms with E-state index in [1.165, 1.54) is 6.07 Å². The third-order valence-corrected chi connectivity index (χ3v) is 4.66. The van der Waals surface area contributed by atoms with Crippen molar-refractivity contribution >= 4 is 35.7 Å². The first kappa shape index (κ1) is 15.1. The second-order valence-electron chi connectivity index (χ2n) is 4.44. The maximum Gasteiger partial charge on any atom is 0.265 e. The van der Waals surface area contributed by atoms with E-state index in [2.05, 4.69) is 15.9 Å². The van der Waals surface area contributed by atoms with Gasteiger partial charge in [-0.05, 0) is 37.5 Å². The van der Waals surface area contributed by atoms with Crippen molar-refractivity contribution in [2.24, 2.45) is 0 Å². The SMILES string of the molecule is Cc1cc(Br)cc(S(=O)(=O)Cl)c1OC1CCCOC1. The minimum atomic E-state index is -3.85. The molecule has 0 bridgehead atoms. The van der Waals surface area contributed by atoms with Crippen LogP contribution in [0.15, 0.2) is 21.5 Å². The van der Waals surface area contributed by atoms with E-state index < -0.39 is 9.05 Å². The lowest BCUT2D eigenvalue weighted by Crippen LogP contribution is -2.28. The summed E-state index contributed by atoms with van der Waals surface area (Å²) in [5, 5.41) is 0. The van der Waals surface area contributed by atoms with E-state index in [9.17, 15) is 8.42 Å². The maximum atomic E-state index is 11.6. The largest absolute Gasteiger partial charge is 0.486 e. The van der Waals surface area contributed by atoms with Gasteiger partial charge in [0.1, 0.15) is 16.7 Å². The lowest BCUT2D eigenvalue weighted by Gasteiger charge is -2.25. The van der Waals surface area contributed by atoms with E-state index in [0.717, 1.165) is 25.0 Å². The number of benzene rings is 1. The zero-order valence-electron chi connectivity index (χ0n) is 10.4. The molecule has 0 aliphatic carbocycles. The Bertz CT molecular complexity index is 567. The Balaban J connectivity index is 2.37. The first-order chi connectivity index (χ1) is 8.88. The highest BCUT2D eigenvalue weighted by atomic mass is 79.9. The lowest BCUT2D eigenvalue weighted by molar-refractivity contribution is 0.00591. The third kappa shape index (κ3) is 3.84. The molecule has 1 fully saturated rings. The van der Waals surface area contributed by atoms with Crippen molar-refractivity contribution in [3.8, 4) is 5.75 Å². The van der Waals surface area contributed by atoms with Crippen LogP contribution in [0, 0.1) is 6.92 Å². The molecule has 0 aromatic heterocycles. The van der Waals surface area contributed by atoms with Crippen LogP contribution in [0.2, 0.25) is 0 Å². The minimum absolute atomic E-state index is 0.00776. The van der Waals surface area contributed by atoms with Crippen LogP contribution >= 0.6 is 26.6 Å². The van der Waals surface area contributed by atoms with Gasteiger partial charge in [-0.3, -0.25) is 0 Å². The van der Waals surface area contributed by atoms with Crippen LogP contribution in [0.3, 0.4) is 0 Å². The van der Waals surface area contributed by atoms with Gasteiger partial charge in [0, 0.05) is 21.8 Å². The topological polar surface area (TPSA) is 52.6 Å². The summed E-state index contributed by atoms with van der Waals surface area (Å²) in [6.45, 7) is 2.98. The van der Waals surface area contributed by atoms with Crippen molar-refractivity contribution in [3.63, 3.8) is 0 Å². The number of rotatable bonds is 3. The number of hydrogen-bond acceptors (Lipinski definition) is 4. The van der Waals surface area contributed by atoms with E-state index >= 15 is 0 Å². The molecule has 1 unspecified atom stereocenters. The number of hydrogen-bond donors (Lipinski definition) is 0. The van der Waals surface area contributed by atoms with Crippen LogP contribution in [0.25, 0.3) is 0 Å². The van der Waals surface area contributed by atoms with Gasteiger partial charge in [0.25, 0.3) is 9.05 Å². The van der Waals surface area contributed by atoms with Crippen molar-refractivity contribution < 1.29 is 17.9 Å². The first-order valence-corrected chi connectivity index (χ1v) is 8.97. The molecule has 4 nitrogen and oxygen atoms in total. The molecule has 1 aromatic rings. The van der Waals surface area contributed by atoms with Crippen LogP contribution in [0.4, 0.5) is 0 Å². The maximum absolute atomic E-state index is 11.6. The van der Waals surface area contributed by atoms with E-state index in [4.69, 9.17) is 20.2 Å². The van der Waals surface area contributed by atoms with Gasteiger partial charge in [-0.25, -0.2) is 8.42 Å². The average Bonchev–Trinajstić information content (AvgIpc) is 2.32. The molecule has 0 radical (unpaired) electrons. The molecule has 0 N–H and O–H groups in total. The van der Waals surface area contributed by atoms with E-state index in [1.54, 1.807) is 13.0 Å². The van der Waals surface area contributed by atoms with Crippen LogP contribution in [-0.2, 0) is 13.8 Å². The monoisotopic (exact) mass is 368 g/mol. The fourth-order valence-corrected chi connectivity index (χ4v) is 3.77. The second kappa shape index (κ2) is 5.99. The first-order valence-electron chi connectivity index (χ1n) is 5.87. The Hall–Kier alpha value is -0.300. The molecule has 19 heavy (non-hydrogen) atoms. The predicted octanol–water partition coefficient (Wildman–Crippen LogP) is 3.24. The fourth-order valence-electron chi connectivity index (χ4n) is 2.00. The molecule has 1 aromatic carbocycles. The Labute approximate surface area is 125 Å². The molecule has 7 heteroatoms. The zero-order valence-corrected chi connectivity index (χ0v) is 13.5. The molecule has 1 aliphatic rings. The van der Waals surface area contributed by atoms with Gasteiger partial charge in [-0.2, -0.15) is 0 Å². The summed E-state index contributed by atoms with van der Waals surface area (Å²) in [6, 6.07) is 3.25. The Morgan fingerprint density at radius 3 is 2.79 bits per heavy atom. The predicted molar refractivity (Wildman–Crippen MR) is 76.4 cm³/mol. The van der Waals surface area contributed by atoms with Gasteiger partial charge in [-0.15, -0.1) is 0 Å². The number of ether oxygens (including phenoxy) is 2. The summed E-state index contributed by atoms with van der Waals surface area (Å²) in [7, 11) is 1.61. The molecule has 1 saturated heterocycles. The quantitative estimate of drug-likeness (QED) is 0.768. The summed E-state index contributed by atoms with van der Waals surface area (Å²) in [5.41, 5.74) is 0.721. The summed E-state index contributed by atoms with van der Waals surface area (Å²) < 4.78 is 35.0. The molecule has 0 saturated carbocycles. The van der Waals surface area contributed by atoms with Crippen LogP contribution in [-0.4, -0.2) is 27.7 Å². The van der Waals surface area contributed by atoms with E-state index in [1.807, 2.05) is 0 Å². The van der Waals surface area contributed by atoms with Crippen molar-refractivity contribution in [2.75, 3.05) is 13.2 Å². The summed E-state index contributed by atoms with van der Waals surface area (Å²) in [5.74, 6) is 0.314. The molecular weight excluding hydrogens is 356 g/mol. The second-order valence-corrected chi connectivity index (χ2v) is 7.89. The van der Waals surface area contributed by atoms with Gasteiger partial charge >= 0.3 is 0 Å². The Morgan fingerprint density at radius 2 is 2.21 bits per heavy atom. The molecule has 1 aliphatic heterocycles. The lowest BCUT2D eigenvalue weighted by atomic mass is 10.1. The molecule has 0 spiro atoms. The fraction of sp³-hybridized carbons (Fsp3) is 0.500. The molecule has 2 rings (SSSR count). The number of aryl methyl sites for hydroxylation is 1. The molecule has 106 valence electrons.